The average molecular weight is 262 g/mol. The van der Waals surface area contributed by atoms with E-state index in [2.05, 4.69) is 30.0 Å². The first-order valence-corrected chi connectivity index (χ1v) is 7.05. The van der Waals surface area contributed by atoms with Gasteiger partial charge in [0.1, 0.15) is 0 Å². The number of ether oxygens (including phenoxy) is 2. The van der Waals surface area contributed by atoms with Gasteiger partial charge in [0.25, 0.3) is 0 Å². The number of benzene rings is 1. The molecule has 2 heterocycles. The molecule has 0 amide bonds. The highest BCUT2D eigenvalue weighted by molar-refractivity contribution is 5.55. The molecule has 4 nitrogen and oxygen atoms in total. The highest BCUT2D eigenvalue weighted by atomic mass is 16.7. The smallest absolute Gasteiger partial charge is 0.171 e. The summed E-state index contributed by atoms with van der Waals surface area (Å²) in [6, 6.07) is 6.49. The molecule has 0 saturated carbocycles. The van der Waals surface area contributed by atoms with Crippen molar-refractivity contribution in [3.8, 4) is 0 Å². The second-order valence-electron chi connectivity index (χ2n) is 5.43. The number of rotatable bonds is 2. The molecular formula is C15H22N2O2. The quantitative estimate of drug-likeness (QED) is 0.883. The third kappa shape index (κ3) is 2.48. The van der Waals surface area contributed by atoms with Gasteiger partial charge in [-0.15, -0.1) is 0 Å². The van der Waals surface area contributed by atoms with Crippen LogP contribution in [0, 0.1) is 6.92 Å². The number of nitrogens with zero attached hydrogens (tertiary/aromatic N) is 1. The third-order valence-electron chi connectivity index (χ3n) is 4.14. The summed E-state index contributed by atoms with van der Waals surface area (Å²) in [5.41, 5.74) is 9.62. The van der Waals surface area contributed by atoms with Gasteiger partial charge in [-0.2, -0.15) is 0 Å². The maximum Gasteiger partial charge on any atom is 0.171 e. The largest absolute Gasteiger partial charge is 0.371 e. The van der Waals surface area contributed by atoms with Crippen LogP contribution in [0.1, 0.15) is 24.0 Å². The van der Waals surface area contributed by atoms with Crippen molar-refractivity contribution in [1.29, 1.82) is 0 Å². The fourth-order valence-electron chi connectivity index (χ4n) is 3.01. The Morgan fingerprint density at radius 2 is 1.89 bits per heavy atom. The van der Waals surface area contributed by atoms with E-state index in [-0.39, 0.29) is 5.79 Å². The molecule has 2 fully saturated rings. The fraction of sp³-hybridized carbons (Fsp3) is 0.600. The molecule has 0 atom stereocenters. The Morgan fingerprint density at radius 1 is 1.21 bits per heavy atom. The van der Waals surface area contributed by atoms with Gasteiger partial charge in [0.15, 0.2) is 5.79 Å². The van der Waals surface area contributed by atoms with Crippen molar-refractivity contribution in [2.24, 2.45) is 5.73 Å². The molecule has 2 N–H and O–H groups in total. The van der Waals surface area contributed by atoms with Gasteiger partial charge in [0.05, 0.1) is 13.2 Å². The Hall–Kier alpha value is -1.10. The van der Waals surface area contributed by atoms with Crippen LogP contribution in [0.4, 0.5) is 5.69 Å². The first-order chi connectivity index (χ1) is 9.22. The van der Waals surface area contributed by atoms with Crippen molar-refractivity contribution in [1.82, 2.24) is 0 Å². The number of anilines is 1. The Bertz CT molecular complexity index is 445. The molecule has 104 valence electrons. The molecule has 0 radical (unpaired) electrons. The summed E-state index contributed by atoms with van der Waals surface area (Å²) in [6.45, 7) is 6.12. The lowest BCUT2D eigenvalue weighted by Gasteiger charge is -2.39. The molecule has 4 heteroatoms. The van der Waals surface area contributed by atoms with Crippen molar-refractivity contribution in [2.75, 3.05) is 31.2 Å². The van der Waals surface area contributed by atoms with E-state index < -0.39 is 0 Å². The first kappa shape index (κ1) is 12.9. The van der Waals surface area contributed by atoms with Crippen molar-refractivity contribution in [2.45, 2.75) is 32.1 Å². The standard InChI is InChI=1S/C15H22N2O2/c1-12-2-3-13(11-16)14(10-12)17-6-4-15(5-7-17)18-8-9-19-15/h2-3,10H,4-9,11,16H2,1H3. The third-order valence-corrected chi connectivity index (χ3v) is 4.14. The highest BCUT2D eigenvalue weighted by Gasteiger charge is 2.39. The minimum absolute atomic E-state index is 0.302. The summed E-state index contributed by atoms with van der Waals surface area (Å²) >= 11 is 0. The maximum atomic E-state index is 5.85. The number of hydrogen-bond acceptors (Lipinski definition) is 4. The lowest BCUT2D eigenvalue weighted by atomic mass is 10.0. The monoisotopic (exact) mass is 262 g/mol. The molecule has 2 aliphatic heterocycles. The minimum atomic E-state index is -0.302. The van der Waals surface area contributed by atoms with E-state index in [1.807, 2.05) is 0 Å². The second-order valence-corrected chi connectivity index (χ2v) is 5.43. The highest BCUT2D eigenvalue weighted by Crippen LogP contribution is 2.34. The molecule has 1 aromatic carbocycles. The zero-order valence-corrected chi connectivity index (χ0v) is 11.5. The Balaban J connectivity index is 1.76. The first-order valence-electron chi connectivity index (χ1n) is 7.05. The molecule has 2 saturated heterocycles. The molecule has 0 aliphatic carbocycles. The van der Waals surface area contributed by atoms with Gasteiger partial charge in [-0.1, -0.05) is 12.1 Å². The number of nitrogens with two attached hydrogens (primary N) is 1. The second kappa shape index (κ2) is 5.12. The number of piperidine rings is 1. The van der Waals surface area contributed by atoms with Crippen LogP contribution in [0.25, 0.3) is 0 Å². The molecule has 2 aliphatic rings. The van der Waals surface area contributed by atoms with E-state index in [1.54, 1.807) is 0 Å². The van der Waals surface area contributed by atoms with Gasteiger partial charge in [0, 0.05) is 38.2 Å². The van der Waals surface area contributed by atoms with Gasteiger partial charge in [-0.25, -0.2) is 0 Å². The van der Waals surface area contributed by atoms with Gasteiger partial charge in [0.2, 0.25) is 0 Å². The SMILES string of the molecule is Cc1ccc(CN)c(N2CCC3(CC2)OCCO3)c1. The van der Waals surface area contributed by atoms with Crippen LogP contribution in [0.2, 0.25) is 0 Å². The number of hydrogen-bond donors (Lipinski definition) is 1. The molecule has 0 unspecified atom stereocenters. The predicted octanol–water partition coefficient (Wildman–Crippen LogP) is 1.80. The summed E-state index contributed by atoms with van der Waals surface area (Å²) < 4.78 is 11.5. The van der Waals surface area contributed by atoms with Crippen LogP contribution in [-0.2, 0) is 16.0 Å². The summed E-state index contributed by atoms with van der Waals surface area (Å²) in [5, 5.41) is 0. The summed E-state index contributed by atoms with van der Waals surface area (Å²) in [7, 11) is 0. The number of aryl methyl sites for hydroxylation is 1. The predicted molar refractivity (Wildman–Crippen MR) is 75.2 cm³/mol. The van der Waals surface area contributed by atoms with E-state index in [4.69, 9.17) is 15.2 Å². The molecule has 19 heavy (non-hydrogen) atoms. The molecule has 0 aromatic heterocycles. The van der Waals surface area contributed by atoms with Crippen molar-refractivity contribution in [3.63, 3.8) is 0 Å². The Kier molecular flexibility index (Phi) is 3.48. The van der Waals surface area contributed by atoms with Crippen molar-refractivity contribution in [3.05, 3.63) is 29.3 Å². The molecule has 1 spiro atoms. The van der Waals surface area contributed by atoms with Crippen LogP contribution < -0.4 is 10.6 Å². The van der Waals surface area contributed by atoms with E-state index in [0.29, 0.717) is 6.54 Å². The topological polar surface area (TPSA) is 47.7 Å². The van der Waals surface area contributed by atoms with Gasteiger partial charge >= 0.3 is 0 Å². The van der Waals surface area contributed by atoms with Crippen molar-refractivity contribution >= 4 is 5.69 Å². The molecular weight excluding hydrogens is 240 g/mol. The van der Waals surface area contributed by atoms with Gasteiger partial charge in [-0.05, 0) is 24.1 Å². The van der Waals surface area contributed by atoms with Crippen LogP contribution in [0.15, 0.2) is 18.2 Å². The van der Waals surface area contributed by atoms with Gasteiger partial charge < -0.3 is 20.1 Å². The van der Waals surface area contributed by atoms with Crippen LogP contribution >= 0.6 is 0 Å². The maximum absolute atomic E-state index is 5.85. The Morgan fingerprint density at radius 3 is 2.53 bits per heavy atom. The minimum Gasteiger partial charge on any atom is -0.371 e. The molecule has 1 aromatic rings. The van der Waals surface area contributed by atoms with Crippen LogP contribution in [-0.4, -0.2) is 32.1 Å². The van der Waals surface area contributed by atoms with Crippen LogP contribution in [0.5, 0.6) is 0 Å². The summed E-state index contributed by atoms with van der Waals surface area (Å²) in [6.07, 6.45) is 1.87. The lowest BCUT2D eigenvalue weighted by molar-refractivity contribution is -0.169. The van der Waals surface area contributed by atoms with E-state index in [9.17, 15) is 0 Å². The fourth-order valence-corrected chi connectivity index (χ4v) is 3.01. The van der Waals surface area contributed by atoms with Crippen LogP contribution in [0.3, 0.4) is 0 Å². The zero-order valence-electron chi connectivity index (χ0n) is 11.5. The molecule has 0 bridgehead atoms. The van der Waals surface area contributed by atoms with E-state index in [0.717, 1.165) is 39.1 Å². The lowest BCUT2D eigenvalue weighted by Crippen LogP contribution is -2.45. The van der Waals surface area contributed by atoms with Gasteiger partial charge in [-0.3, -0.25) is 0 Å². The van der Waals surface area contributed by atoms with E-state index in [1.165, 1.54) is 16.8 Å². The molecule has 3 rings (SSSR count). The summed E-state index contributed by atoms with van der Waals surface area (Å²) in [4.78, 5) is 2.41. The zero-order chi connectivity index (χ0) is 13.3. The normalized spacial score (nSPS) is 22.1. The summed E-state index contributed by atoms with van der Waals surface area (Å²) in [5.74, 6) is -0.302. The van der Waals surface area contributed by atoms with E-state index >= 15 is 0 Å². The Labute approximate surface area is 114 Å². The average Bonchev–Trinajstić information content (AvgIpc) is 2.88. The van der Waals surface area contributed by atoms with Crippen molar-refractivity contribution < 1.29 is 9.47 Å².